The van der Waals surface area contributed by atoms with E-state index in [0.717, 1.165) is 44.7 Å². The van der Waals surface area contributed by atoms with Crippen molar-refractivity contribution in [1.29, 1.82) is 0 Å². The molecule has 0 aromatic heterocycles. The molecule has 6 aromatic rings. The van der Waals surface area contributed by atoms with Crippen molar-refractivity contribution in [1.82, 2.24) is 0 Å². The van der Waals surface area contributed by atoms with Crippen LogP contribution in [0.2, 0.25) is 5.02 Å². The van der Waals surface area contributed by atoms with E-state index in [4.69, 9.17) is 44.8 Å². The molecule has 1 aliphatic rings. The number of aliphatic hydroxyl groups excluding tert-OH is 1. The molecule has 0 radical (unpaired) electrons. The molecule has 61 heavy (non-hydrogen) atoms. The molecule has 6 aromatic carbocycles. The first-order valence-corrected chi connectivity index (χ1v) is 21.9. The molecule has 7 rings (SSSR count). The molecule has 0 spiro atoms. The van der Waals surface area contributed by atoms with Gasteiger partial charge >= 0.3 is 0 Å². The highest BCUT2D eigenvalue weighted by Gasteiger charge is 2.50. The van der Waals surface area contributed by atoms with Crippen molar-refractivity contribution in [3.05, 3.63) is 200 Å². The van der Waals surface area contributed by atoms with Crippen LogP contribution in [0.4, 0.5) is 0 Å². The van der Waals surface area contributed by atoms with Gasteiger partial charge in [0.15, 0.2) is 5.75 Å². The lowest BCUT2D eigenvalue weighted by atomic mass is 9.89. The summed E-state index contributed by atoms with van der Waals surface area (Å²) in [6.45, 7) is 3.89. The molecular formula is C51H52BrClO8. The fraction of sp³-hybridized carbons (Fsp3) is 0.294. The van der Waals surface area contributed by atoms with Crippen LogP contribution in [-0.2, 0) is 56.5 Å². The van der Waals surface area contributed by atoms with Gasteiger partial charge in [-0.15, -0.1) is 0 Å². The van der Waals surface area contributed by atoms with Gasteiger partial charge in [-0.2, -0.15) is 0 Å². The number of benzene rings is 6. The minimum absolute atomic E-state index is 0.0396. The maximum atomic E-state index is 9.89. The molecule has 10 heteroatoms. The first kappa shape index (κ1) is 44.5. The Morgan fingerprint density at radius 3 is 1.64 bits per heavy atom. The van der Waals surface area contributed by atoms with Crippen LogP contribution < -0.4 is 9.47 Å². The quantitative estimate of drug-likeness (QED) is 0.0765. The van der Waals surface area contributed by atoms with Crippen molar-refractivity contribution in [2.45, 2.75) is 70.3 Å². The van der Waals surface area contributed by atoms with E-state index < -0.39 is 30.5 Å². The van der Waals surface area contributed by atoms with Crippen LogP contribution in [0.25, 0.3) is 0 Å². The summed E-state index contributed by atoms with van der Waals surface area (Å²) in [5, 5.41) is 10.3. The second-order valence-electron chi connectivity index (χ2n) is 14.8. The Bertz CT molecular complexity index is 2200. The topological polar surface area (TPSA) is 84.8 Å². The Morgan fingerprint density at radius 2 is 1.11 bits per heavy atom. The summed E-state index contributed by atoms with van der Waals surface area (Å²) in [4.78, 5) is 0. The predicted molar refractivity (Wildman–Crippen MR) is 241 cm³/mol. The molecule has 318 valence electrons. The number of rotatable bonds is 21. The lowest BCUT2D eigenvalue weighted by Gasteiger charge is -2.47. The van der Waals surface area contributed by atoms with Gasteiger partial charge in [0.1, 0.15) is 42.9 Å². The highest BCUT2D eigenvalue weighted by Crippen LogP contribution is 2.47. The molecule has 1 fully saturated rings. The lowest BCUT2D eigenvalue weighted by molar-refractivity contribution is -0.275. The average molecular weight is 908 g/mol. The fourth-order valence-corrected chi connectivity index (χ4v) is 8.46. The Kier molecular flexibility index (Phi) is 16.8. The van der Waals surface area contributed by atoms with Gasteiger partial charge in [-0.05, 0) is 80.9 Å². The van der Waals surface area contributed by atoms with Crippen LogP contribution in [0.15, 0.2) is 156 Å². The highest BCUT2D eigenvalue weighted by molar-refractivity contribution is 9.10. The normalized spacial score (nSPS) is 18.8. The monoisotopic (exact) mass is 906 g/mol. The van der Waals surface area contributed by atoms with Gasteiger partial charge in [0.05, 0.1) is 55.7 Å². The Balaban J connectivity index is 1.33. The summed E-state index contributed by atoms with van der Waals surface area (Å²) in [6.07, 6.45) is -2.80. The standard InChI is InChI=1S/C51H52BrClO8/c1-2-56-42-25-23-36(24-26-42)29-41-30-43(45(52)49(46(41)53)57-28-27-54)47-50(59-33-39-19-11-5-12-20-39)51(60-34-40-21-13-6-14-22-40)48(58-32-38-17-9-4-10-18-38)44(61-47)35-55-31-37-15-7-3-8-16-37/h3-26,30,44,47-48,50-51,54H,2,27-29,31-35H2,1H3. The molecule has 1 heterocycles. The third-order valence-electron chi connectivity index (χ3n) is 10.4. The van der Waals surface area contributed by atoms with Crippen LogP contribution in [0.5, 0.6) is 11.5 Å². The van der Waals surface area contributed by atoms with E-state index in [1.807, 2.05) is 153 Å². The minimum atomic E-state index is -0.728. The molecule has 1 aliphatic heterocycles. The Morgan fingerprint density at radius 1 is 0.607 bits per heavy atom. The average Bonchev–Trinajstić information content (AvgIpc) is 3.30. The van der Waals surface area contributed by atoms with Crippen molar-refractivity contribution < 1.29 is 38.3 Å². The van der Waals surface area contributed by atoms with Gasteiger partial charge < -0.3 is 38.3 Å². The molecule has 5 unspecified atom stereocenters. The minimum Gasteiger partial charge on any atom is -0.494 e. The molecule has 0 bridgehead atoms. The summed E-state index contributed by atoms with van der Waals surface area (Å²) < 4.78 is 47.2. The maximum Gasteiger partial charge on any atom is 0.152 e. The van der Waals surface area contributed by atoms with E-state index >= 15 is 0 Å². The van der Waals surface area contributed by atoms with E-state index in [-0.39, 0.29) is 26.4 Å². The second-order valence-corrected chi connectivity index (χ2v) is 16.0. The number of aliphatic hydroxyl groups is 1. The third-order valence-corrected chi connectivity index (χ3v) is 11.7. The van der Waals surface area contributed by atoms with Gasteiger partial charge in [-0.3, -0.25) is 0 Å². The van der Waals surface area contributed by atoms with E-state index in [0.29, 0.717) is 48.1 Å². The molecule has 0 aliphatic carbocycles. The maximum absolute atomic E-state index is 9.89. The van der Waals surface area contributed by atoms with Crippen LogP contribution >= 0.6 is 27.5 Å². The van der Waals surface area contributed by atoms with Crippen LogP contribution in [0.3, 0.4) is 0 Å². The smallest absolute Gasteiger partial charge is 0.152 e. The second kappa shape index (κ2) is 23.1. The van der Waals surface area contributed by atoms with Crippen LogP contribution in [0.1, 0.15) is 52.0 Å². The highest BCUT2D eigenvalue weighted by atomic mass is 79.9. The number of halogens is 2. The Labute approximate surface area is 372 Å². The molecule has 0 saturated carbocycles. The lowest BCUT2D eigenvalue weighted by Crippen LogP contribution is -2.58. The van der Waals surface area contributed by atoms with E-state index in [1.54, 1.807) is 0 Å². The first-order valence-electron chi connectivity index (χ1n) is 20.7. The molecule has 1 N–H and O–H groups in total. The van der Waals surface area contributed by atoms with Gasteiger partial charge in [0, 0.05) is 5.56 Å². The van der Waals surface area contributed by atoms with E-state index in [2.05, 4.69) is 22.0 Å². The van der Waals surface area contributed by atoms with Crippen molar-refractivity contribution in [2.75, 3.05) is 26.4 Å². The molecule has 5 atom stereocenters. The Hall–Kier alpha value is -4.55. The molecular weight excluding hydrogens is 856 g/mol. The van der Waals surface area contributed by atoms with Gasteiger partial charge in [0.2, 0.25) is 0 Å². The molecule has 8 nitrogen and oxygen atoms in total. The molecule has 1 saturated heterocycles. The number of ether oxygens (including phenoxy) is 7. The zero-order valence-corrected chi connectivity index (χ0v) is 36.6. The van der Waals surface area contributed by atoms with Gasteiger partial charge in [-0.25, -0.2) is 0 Å². The summed E-state index contributed by atoms with van der Waals surface area (Å²) in [6, 6.07) is 50.3. The largest absolute Gasteiger partial charge is 0.494 e. The molecule has 0 amide bonds. The van der Waals surface area contributed by atoms with Crippen LogP contribution in [-0.4, -0.2) is 55.9 Å². The van der Waals surface area contributed by atoms with Crippen molar-refractivity contribution >= 4 is 27.5 Å². The van der Waals surface area contributed by atoms with Crippen molar-refractivity contribution in [3.63, 3.8) is 0 Å². The zero-order valence-electron chi connectivity index (χ0n) is 34.2. The summed E-state index contributed by atoms with van der Waals surface area (Å²) in [7, 11) is 0. The third kappa shape index (κ3) is 12.3. The zero-order chi connectivity index (χ0) is 42.2. The van der Waals surface area contributed by atoms with E-state index in [1.165, 1.54) is 0 Å². The summed E-state index contributed by atoms with van der Waals surface area (Å²) in [5.74, 6) is 1.20. The predicted octanol–water partition coefficient (Wildman–Crippen LogP) is 10.9. The summed E-state index contributed by atoms with van der Waals surface area (Å²) >= 11 is 11.1. The number of hydrogen-bond donors (Lipinski definition) is 1. The van der Waals surface area contributed by atoms with Crippen molar-refractivity contribution in [3.8, 4) is 11.5 Å². The van der Waals surface area contributed by atoms with Gasteiger partial charge in [-0.1, -0.05) is 145 Å². The number of hydrogen-bond acceptors (Lipinski definition) is 8. The SMILES string of the molecule is CCOc1ccc(Cc2cc(C3OC(COCc4ccccc4)C(OCc4ccccc4)C(OCc4ccccc4)C3OCc3ccccc3)c(Br)c(OCCO)c2Cl)cc1. The first-order chi connectivity index (χ1) is 30.0. The van der Waals surface area contributed by atoms with Crippen LogP contribution in [0, 0.1) is 0 Å². The van der Waals surface area contributed by atoms with E-state index in [9.17, 15) is 5.11 Å². The summed E-state index contributed by atoms with van der Waals surface area (Å²) in [5.41, 5.74) is 6.65. The van der Waals surface area contributed by atoms with Crippen molar-refractivity contribution in [2.24, 2.45) is 0 Å². The fourth-order valence-electron chi connectivity index (χ4n) is 7.43. The van der Waals surface area contributed by atoms with Gasteiger partial charge in [0.25, 0.3) is 0 Å².